The van der Waals surface area contributed by atoms with Gasteiger partial charge in [0.2, 0.25) is 5.78 Å². The van der Waals surface area contributed by atoms with Gasteiger partial charge in [-0.15, -0.1) is 0 Å². The highest BCUT2D eigenvalue weighted by Crippen LogP contribution is 2.28. The number of hydrogen-bond acceptors (Lipinski definition) is 3. The summed E-state index contributed by atoms with van der Waals surface area (Å²) in [5.74, 6) is -1.88. The maximum absolute atomic E-state index is 14.1. The number of ether oxygens (including phenoxy) is 1. The van der Waals surface area contributed by atoms with Crippen LogP contribution in [0.25, 0.3) is 11.1 Å². The van der Waals surface area contributed by atoms with Gasteiger partial charge in [-0.3, -0.25) is 4.79 Å². The highest BCUT2D eigenvalue weighted by atomic mass is 19.1. The SMILES string of the molecule is CC(C)Oc1ccc(F)c(-c2ccc(CCCC(=O)C(=O)O)cc2)c1. The van der Waals surface area contributed by atoms with Crippen LogP contribution >= 0.6 is 0 Å². The molecule has 0 unspecified atom stereocenters. The first-order valence-electron chi connectivity index (χ1n) is 8.18. The van der Waals surface area contributed by atoms with E-state index in [1.54, 1.807) is 12.1 Å². The number of carboxylic acid groups (broad SMARTS) is 1. The zero-order valence-corrected chi connectivity index (χ0v) is 14.3. The van der Waals surface area contributed by atoms with Gasteiger partial charge in [0, 0.05) is 12.0 Å². The summed E-state index contributed by atoms with van der Waals surface area (Å²) in [6.45, 7) is 3.82. The normalized spacial score (nSPS) is 10.7. The molecule has 0 heterocycles. The van der Waals surface area contributed by atoms with E-state index in [2.05, 4.69) is 0 Å². The molecule has 0 atom stereocenters. The van der Waals surface area contributed by atoms with Gasteiger partial charge in [0.25, 0.3) is 0 Å². The number of aryl methyl sites for hydroxylation is 1. The maximum Gasteiger partial charge on any atom is 0.372 e. The lowest BCUT2D eigenvalue weighted by Gasteiger charge is -2.12. The molecule has 0 spiro atoms. The summed E-state index contributed by atoms with van der Waals surface area (Å²) in [4.78, 5) is 21.5. The van der Waals surface area contributed by atoms with Crippen LogP contribution < -0.4 is 4.74 Å². The van der Waals surface area contributed by atoms with Gasteiger partial charge < -0.3 is 9.84 Å². The Hall–Kier alpha value is -2.69. The Balaban J connectivity index is 2.06. The molecule has 0 aliphatic heterocycles. The van der Waals surface area contributed by atoms with Crippen LogP contribution in [0.15, 0.2) is 42.5 Å². The molecular weight excluding hydrogens is 323 g/mol. The number of aliphatic carboxylic acids is 1. The van der Waals surface area contributed by atoms with Crippen molar-refractivity contribution in [3.8, 4) is 16.9 Å². The second-order valence-electron chi connectivity index (χ2n) is 6.09. The number of benzene rings is 2. The number of Topliss-reactive ketones (excluding diaryl/α,β-unsaturated/α-hetero) is 1. The molecule has 0 radical (unpaired) electrons. The molecule has 2 aromatic rings. The van der Waals surface area contributed by atoms with Crippen molar-refractivity contribution < 1.29 is 23.8 Å². The van der Waals surface area contributed by atoms with E-state index in [9.17, 15) is 14.0 Å². The van der Waals surface area contributed by atoms with Gasteiger partial charge in [-0.2, -0.15) is 0 Å². The third kappa shape index (κ3) is 5.41. The fourth-order valence-electron chi connectivity index (χ4n) is 2.48. The van der Waals surface area contributed by atoms with E-state index in [0.717, 1.165) is 11.1 Å². The van der Waals surface area contributed by atoms with Gasteiger partial charge in [0.05, 0.1) is 6.10 Å². The van der Waals surface area contributed by atoms with Crippen molar-refractivity contribution in [3.63, 3.8) is 0 Å². The molecule has 0 aromatic heterocycles. The number of halogens is 1. The minimum atomic E-state index is -1.39. The minimum absolute atomic E-state index is 0.00852. The van der Waals surface area contributed by atoms with Crippen LogP contribution in [0.1, 0.15) is 32.3 Å². The highest BCUT2D eigenvalue weighted by Gasteiger charge is 2.11. The Morgan fingerprint density at radius 3 is 2.40 bits per heavy atom. The zero-order chi connectivity index (χ0) is 18.4. The van der Waals surface area contributed by atoms with Crippen molar-refractivity contribution in [2.45, 2.75) is 39.2 Å². The summed E-state index contributed by atoms with van der Waals surface area (Å²) in [6, 6.07) is 12.0. The molecule has 0 saturated heterocycles. The molecule has 2 aromatic carbocycles. The first kappa shape index (κ1) is 18.6. The number of ketones is 1. The molecule has 132 valence electrons. The fourth-order valence-corrected chi connectivity index (χ4v) is 2.48. The molecule has 0 saturated carbocycles. The number of carbonyl (C=O) groups excluding carboxylic acids is 1. The van der Waals surface area contributed by atoms with Crippen molar-refractivity contribution in [1.82, 2.24) is 0 Å². The van der Waals surface area contributed by atoms with Crippen molar-refractivity contribution in [1.29, 1.82) is 0 Å². The van der Waals surface area contributed by atoms with E-state index in [0.29, 0.717) is 24.2 Å². The van der Waals surface area contributed by atoms with E-state index in [1.165, 1.54) is 6.07 Å². The quantitative estimate of drug-likeness (QED) is 0.727. The van der Waals surface area contributed by atoms with Gasteiger partial charge >= 0.3 is 5.97 Å². The monoisotopic (exact) mass is 344 g/mol. The third-order valence-electron chi connectivity index (χ3n) is 3.68. The van der Waals surface area contributed by atoms with Gasteiger partial charge in [-0.05, 0) is 56.0 Å². The number of rotatable bonds is 8. The Kier molecular flexibility index (Phi) is 6.28. The standard InChI is InChI=1S/C20H21FO4/c1-13(2)25-16-10-11-18(21)17(12-16)15-8-6-14(7-9-15)4-3-5-19(22)20(23)24/h6-13H,3-5H2,1-2H3,(H,23,24). The highest BCUT2D eigenvalue weighted by molar-refractivity contribution is 6.32. The predicted octanol–water partition coefficient (Wildman–Crippen LogP) is 4.26. The van der Waals surface area contributed by atoms with E-state index in [-0.39, 0.29) is 18.3 Å². The molecule has 4 nitrogen and oxygen atoms in total. The van der Waals surface area contributed by atoms with Gasteiger partial charge in [-0.1, -0.05) is 24.3 Å². The maximum atomic E-state index is 14.1. The molecule has 0 aliphatic rings. The number of carboxylic acids is 1. The Morgan fingerprint density at radius 2 is 1.80 bits per heavy atom. The van der Waals surface area contributed by atoms with E-state index in [4.69, 9.17) is 9.84 Å². The summed E-state index contributed by atoms with van der Waals surface area (Å²) in [7, 11) is 0. The lowest BCUT2D eigenvalue weighted by molar-refractivity contribution is -0.149. The van der Waals surface area contributed by atoms with Crippen LogP contribution in [0.3, 0.4) is 0 Å². The summed E-state index contributed by atoms with van der Waals surface area (Å²) in [5, 5.41) is 8.55. The molecule has 0 fully saturated rings. The Bertz CT molecular complexity index is 751. The summed E-state index contributed by atoms with van der Waals surface area (Å²) < 4.78 is 19.7. The van der Waals surface area contributed by atoms with Crippen LogP contribution in [0, 0.1) is 5.82 Å². The first-order valence-corrected chi connectivity index (χ1v) is 8.18. The lowest BCUT2D eigenvalue weighted by Crippen LogP contribution is -2.12. The van der Waals surface area contributed by atoms with Crippen LogP contribution in [-0.2, 0) is 16.0 Å². The van der Waals surface area contributed by atoms with Crippen LogP contribution in [0.5, 0.6) is 5.75 Å². The summed E-state index contributed by atoms with van der Waals surface area (Å²) in [6.07, 6.45) is 1.09. The Morgan fingerprint density at radius 1 is 1.12 bits per heavy atom. The molecule has 5 heteroatoms. The molecular formula is C20H21FO4. The lowest BCUT2D eigenvalue weighted by atomic mass is 10.0. The molecule has 0 aliphatic carbocycles. The topological polar surface area (TPSA) is 63.6 Å². The smallest absolute Gasteiger partial charge is 0.372 e. The largest absolute Gasteiger partial charge is 0.491 e. The molecule has 1 N–H and O–H groups in total. The van der Waals surface area contributed by atoms with Crippen molar-refractivity contribution in [3.05, 3.63) is 53.8 Å². The molecule has 0 bridgehead atoms. The van der Waals surface area contributed by atoms with Crippen LogP contribution in [-0.4, -0.2) is 23.0 Å². The fraction of sp³-hybridized carbons (Fsp3) is 0.300. The minimum Gasteiger partial charge on any atom is -0.491 e. The van der Waals surface area contributed by atoms with Gasteiger partial charge in [0.1, 0.15) is 11.6 Å². The van der Waals surface area contributed by atoms with Crippen molar-refractivity contribution in [2.24, 2.45) is 0 Å². The third-order valence-corrected chi connectivity index (χ3v) is 3.68. The predicted molar refractivity (Wildman–Crippen MR) is 93.2 cm³/mol. The summed E-state index contributed by atoms with van der Waals surface area (Å²) in [5.41, 5.74) is 2.17. The molecule has 25 heavy (non-hydrogen) atoms. The second-order valence-corrected chi connectivity index (χ2v) is 6.09. The van der Waals surface area contributed by atoms with Crippen LogP contribution in [0.4, 0.5) is 4.39 Å². The van der Waals surface area contributed by atoms with Crippen molar-refractivity contribution >= 4 is 11.8 Å². The zero-order valence-electron chi connectivity index (χ0n) is 14.3. The van der Waals surface area contributed by atoms with E-state index < -0.39 is 11.8 Å². The van der Waals surface area contributed by atoms with E-state index in [1.807, 2.05) is 38.1 Å². The van der Waals surface area contributed by atoms with Gasteiger partial charge in [0.15, 0.2) is 0 Å². The number of hydrogen-bond donors (Lipinski definition) is 1. The van der Waals surface area contributed by atoms with Gasteiger partial charge in [-0.25, -0.2) is 9.18 Å². The van der Waals surface area contributed by atoms with Crippen molar-refractivity contribution in [2.75, 3.05) is 0 Å². The summed E-state index contributed by atoms with van der Waals surface area (Å²) >= 11 is 0. The molecule has 2 rings (SSSR count). The Labute approximate surface area is 146 Å². The van der Waals surface area contributed by atoms with Crippen LogP contribution in [0.2, 0.25) is 0 Å². The van der Waals surface area contributed by atoms with E-state index >= 15 is 0 Å². The average molecular weight is 344 g/mol. The first-order chi connectivity index (χ1) is 11.9. The second kappa shape index (κ2) is 8.42. The molecule has 0 amide bonds. The average Bonchev–Trinajstić information content (AvgIpc) is 2.56. The number of carbonyl (C=O) groups is 2.